The Labute approximate surface area is 115 Å². The molecule has 0 aliphatic carbocycles. The van der Waals surface area contributed by atoms with Gasteiger partial charge in [0.15, 0.2) is 0 Å². The van der Waals surface area contributed by atoms with Crippen LogP contribution in [0.15, 0.2) is 25.8 Å². The molecule has 14 heavy (non-hydrogen) atoms. The molecule has 0 atom stereocenters. The van der Waals surface area contributed by atoms with Crippen molar-refractivity contribution in [3.63, 3.8) is 0 Å². The Morgan fingerprint density at radius 1 is 0.929 bits per heavy atom. The van der Waals surface area contributed by atoms with Gasteiger partial charge in [-0.15, -0.1) is 13.2 Å². The Kier molecular flexibility index (Phi) is 1020. The van der Waals surface area contributed by atoms with Crippen molar-refractivity contribution in [3.8, 4) is 0 Å². The van der Waals surface area contributed by atoms with Gasteiger partial charge >= 0.3 is 0 Å². The minimum atomic E-state index is -1.83. The van der Waals surface area contributed by atoms with Crippen LogP contribution in [0.4, 0.5) is 8.78 Å². The van der Waals surface area contributed by atoms with Crippen LogP contribution in [0.2, 0.25) is 0 Å². The molecule has 0 aromatic carbocycles. The van der Waals surface area contributed by atoms with Gasteiger partial charge in [-0.1, -0.05) is 52.3 Å². The van der Waals surface area contributed by atoms with E-state index in [1.165, 1.54) is 0 Å². The van der Waals surface area contributed by atoms with Gasteiger partial charge in [-0.2, -0.15) is 8.78 Å². The SMILES string of the molecule is C.C.C.C.C=C.C=C(F)F.CI.O.[V]. The normalized spacial score (nSPS) is 2.57. The molecule has 95 valence electrons. The molecule has 0 aliphatic rings. The first-order valence-corrected chi connectivity index (χ1v) is 3.77. The van der Waals surface area contributed by atoms with Crippen LogP contribution in [-0.2, 0) is 18.6 Å². The zero-order chi connectivity index (χ0) is 7.58. The molecule has 0 amide bonds. The van der Waals surface area contributed by atoms with Crippen molar-refractivity contribution in [3.05, 3.63) is 25.8 Å². The van der Waals surface area contributed by atoms with Gasteiger partial charge in [-0.3, -0.25) is 0 Å². The molecule has 0 rings (SSSR count). The van der Waals surface area contributed by atoms with Gasteiger partial charge in [0, 0.05) is 18.6 Å². The summed E-state index contributed by atoms with van der Waals surface area (Å²) in [7, 11) is 0. The summed E-state index contributed by atoms with van der Waals surface area (Å²) in [4.78, 5) is 1.97. The van der Waals surface area contributed by atoms with Crippen LogP contribution in [-0.4, -0.2) is 10.4 Å². The second-order valence-corrected chi connectivity index (χ2v) is 0.339. The third-order valence-electron chi connectivity index (χ3n) is 0. The Hall–Kier alpha value is 0.614. The van der Waals surface area contributed by atoms with Crippen molar-refractivity contribution in [2.75, 3.05) is 4.93 Å². The van der Waals surface area contributed by atoms with Crippen LogP contribution in [0.3, 0.4) is 0 Å². The van der Waals surface area contributed by atoms with Crippen LogP contribution < -0.4 is 0 Å². The smallest absolute Gasteiger partial charge is 0.263 e. The molecule has 0 saturated heterocycles. The molecular weight excluding hydrogens is 340 g/mol. The summed E-state index contributed by atoms with van der Waals surface area (Å²) < 4.78 is 20.3. The monoisotopic (exact) mass is 367 g/mol. The van der Waals surface area contributed by atoms with E-state index in [-0.39, 0.29) is 53.7 Å². The van der Waals surface area contributed by atoms with Gasteiger partial charge in [0.25, 0.3) is 6.08 Å². The number of rotatable bonds is 0. The average Bonchev–Trinajstić information content (AvgIpc) is 1.75. The average molecular weight is 367 g/mol. The van der Waals surface area contributed by atoms with Crippen LogP contribution in [0, 0.1) is 0 Å². The van der Waals surface area contributed by atoms with Gasteiger partial charge in [0.1, 0.15) is 0 Å². The molecule has 0 aromatic rings. The molecule has 0 bridgehead atoms. The van der Waals surface area contributed by atoms with Crippen LogP contribution in [0.25, 0.3) is 0 Å². The molecule has 1 nitrogen and oxygen atoms in total. The molecule has 0 fully saturated rings. The summed E-state index contributed by atoms with van der Waals surface area (Å²) in [5.41, 5.74) is 0. The standard InChI is InChI=1S/C2H2F2.C2H4.CH3I.4CH4.H2O.V/c1-2(3)4;2*1-2;;;;;;/h1H2;1-2H2;1H3;4*1H4;1H2;. The van der Waals surface area contributed by atoms with E-state index >= 15 is 0 Å². The predicted octanol–water partition coefficient (Wildman–Crippen LogP) is 4.97. The largest absolute Gasteiger partial charge is 0.412 e. The summed E-state index contributed by atoms with van der Waals surface area (Å²) in [6.07, 6.45) is -1.83. The molecular formula is C9H27F2IOV. The van der Waals surface area contributed by atoms with Gasteiger partial charge in [0.05, 0.1) is 0 Å². The van der Waals surface area contributed by atoms with Gasteiger partial charge in [0.2, 0.25) is 0 Å². The zero-order valence-corrected chi connectivity index (χ0v) is 9.26. The van der Waals surface area contributed by atoms with Gasteiger partial charge in [-0.25, -0.2) is 0 Å². The van der Waals surface area contributed by atoms with E-state index < -0.39 is 6.08 Å². The zero-order valence-electron chi connectivity index (χ0n) is 5.70. The van der Waals surface area contributed by atoms with Gasteiger partial charge in [-0.05, 0) is 11.5 Å². The van der Waals surface area contributed by atoms with Crippen molar-refractivity contribution >= 4 is 22.6 Å². The van der Waals surface area contributed by atoms with Crippen LogP contribution >= 0.6 is 22.6 Å². The minimum absolute atomic E-state index is 0. The molecule has 0 heterocycles. The van der Waals surface area contributed by atoms with E-state index in [4.69, 9.17) is 0 Å². The molecule has 0 aromatic heterocycles. The van der Waals surface area contributed by atoms with E-state index in [2.05, 4.69) is 42.3 Å². The summed E-state index contributed by atoms with van der Waals surface area (Å²) in [6.45, 7) is 8.22. The summed E-state index contributed by atoms with van der Waals surface area (Å²) in [6, 6.07) is 0. The minimum Gasteiger partial charge on any atom is -0.412 e. The summed E-state index contributed by atoms with van der Waals surface area (Å²) >= 11 is 2.15. The molecule has 1 radical (unpaired) electrons. The van der Waals surface area contributed by atoms with Crippen molar-refractivity contribution in [2.45, 2.75) is 29.7 Å². The first-order chi connectivity index (χ1) is 3.73. The van der Waals surface area contributed by atoms with E-state index in [1.54, 1.807) is 0 Å². The maximum absolute atomic E-state index is 10.1. The quantitative estimate of drug-likeness (QED) is 0.329. The predicted molar refractivity (Wildman–Crippen MR) is 73.1 cm³/mol. The Balaban J connectivity index is -0.00000000333. The second-order valence-electron chi connectivity index (χ2n) is 0.339. The molecule has 0 aliphatic heterocycles. The molecule has 2 N–H and O–H groups in total. The third-order valence-corrected chi connectivity index (χ3v) is 0. The maximum Gasteiger partial charge on any atom is 0.263 e. The maximum atomic E-state index is 10.1. The molecule has 0 unspecified atom stereocenters. The van der Waals surface area contributed by atoms with Crippen molar-refractivity contribution < 1.29 is 32.8 Å². The van der Waals surface area contributed by atoms with E-state index in [1.807, 2.05) is 4.93 Å². The van der Waals surface area contributed by atoms with E-state index in [9.17, 15) is 8.78 Å². The van der Waals surface area contributed by atoms with Crippen molar-refractivity contribution in [1.82, 2.24) is 0 Å². The fourth-order valence-corrected chi connectivity index (χ4v) is 0. The first-order valence-electron chi connectivity index (χ1n) is 1.61. The van der Waals surface area contributed by atoms with Crippen LogP contribution in [0.1, 0.15) is 29.7 Å². The Morgan fingerprint density at radius 2 is 0.929 bits per heavy atom. The molecule has 0 saturated carbocycles. The number of hydrogen-bond acceptors (Lipinski definition) is 0. The topological polar surface area (TPSA) is 31.5 Å². The van der Waals surface area contributed by atoms with E-state index in [0.717, 1.165) is 0 Å². The molecule has 5 heteroatoms. The van der Waals surface area contributed by atoms with Crippen molar-refractivity contribution in [1.29, 1.82) is 0 Å². The number of alkyl halides is 1. The van der Waals surface area contributed by atoms with E-state index in [0.29, 0.717) is 0 Å². The summed E-state index contributed by atoms with van der Waals surface area (Å²) in [5.74, 6) is 0. The number of hydrogen-bond donors (Lipinski definition) is 0. The molecule has 0 spiro atoms. The number of halogens is 3. The Bertz CT molecular complexity index is 54.1. The second kappa shape index (κ2) is 166. The van der Waals surface area contributed by atoms with Crippen LogP contribution in [0.5, 0.6) is 0 Å². The fourth-order valence-electron chi connectivity index (χ4n) is 0. The van der Waals surface area contributed by atoms with Crippen molar-refractivity contribution in [2.24, 2.45) is 0 Å². The summed E-state index contributed by atoms with van der Waals surface area (Å²) in [5, 5.41) is 0. The first kappa shape index (κ1) is 85.9. The van der Waals surface area contributed by atoms with Gasteiger partial charge < -0.3 is 5.48 Å². The fraction of sp³-hybridized carbons (Fsp3) is 0.556. The third kappa shape index (κ3) is 4510. The Morgan fingerprint density at radius 3 is 0.929 bits per heavy atom.